The molecule has 0 aromatic heterocycles. The minimum atomic E-state index is -0.685. The standard InChI is InChI=1S/C12H14O3/c1-9-2-4-10(5-3-9)11(14)12(6-13)7-15-8-12/h2-5,13H,6-8H2,1H3. The highest BCUT2D eigenvalue weighted by atomic mass is 16.5. The van der Waals surface area contributed by atoms with Gasteiger partial charge in [-0.05, 0) is 6.92 Å². The molecule has 1 aliphatic heterocycles. The monoisotopic (exact) mass is 206 g/mol. The van der Waals surface area contributed by atoms with E-state index in [1.807, 2.05) is 19.1 Å². The topological polar surface area (TPSA) is 46.5 Å². The summed E-state index contributed by atoms with van der Waals surface area (Å²) in [5, 5.41) is 9.22. The van der Waals surface area contributed by atoms with Gasteiger partial charge in [0.1, 0.15) is 5.41 Å². The average molecular weight is 206 g/mol. The van der Waals surface area contributed by atoms with Gasteiger partial charge < -0.3 is 9.84 Å². The molecule has 3 nitrogen and oxygen atoms in total. The van der Waals surface area contributed by atoms with Crippen molar-refractivity contribution in [1.82, 2.24) is 0 Å². The Morgan fingerprint density at radius 2 is 2.00 bits per heavy atom. The Kier molecular flexibility index (Phi) is 2.59. The fraction of sp³-hybridized carbons (Fsp3) is 0.417. The minimum Gasteiger partial charge on any atom is -0.395 e. The third-order valence-corrected chi connectivity index (χ3v) is 2.85. The van der Waals surface area contributed by atoms with Gasteiger partial charge in [0.25, 0.3) is 0 Å². The fourth-order valence-corrected chi connectivity index (χ4v) is 1.65. The summed E-state index contributed by atoms with van der Waals surface area (Å²) >= 11 is 0. The number of aliphatic hydroxyl groups excluding tert-OH is 1. The van der Waals surface area contributed by atoms with Gasteiger partial charge in [-0.1, -0.05) is 29.8 Å². The number of Topliss-reactive ketones (excluding diaryl/α,β-unsaturated/α-hetero) is 1. The van der Waals surface area contributed by atoms with Crippen LogP contribution in [0.3, 0.4) is 0 Å². The summed E-state index contributed by atoms with van der Waals surface area (Å²) < 4.78 is 5.01. The van der Waals surface area contributed by atoms with E-state index in [9.17, 15) is 9.90 Å². The van der Waals surface area contributed by atoms with Crippen molar-refractivity contribution in [3.05, 3.63) is 35.4 Å². The molecule has 80 valence electrons. The number of benzene rings is 1. The molecule has 1 heterocycles. The molecule has 0 unspecified atom stereocenters. The molecule has 0 aliphatic carbocycles. The number of ketones is 1. The van der Waals surface area contributed by atoms with Crippen molar-refractivity contribution in [2.75, 3.05) is 19.8 Å². The Bertz CT molecular complexity index is 357. The van der Waals surface area contributed by atoms with Crippen LogP contribution in [0.4, 0.5) is 0 Å². The quantitative estimate of drug-likeness (QED) is 0.755. The van der Waals surface area contributed by atoms with E-state index < -0.39 is 5.41 Å². The summed E-state index contributed by atoms with van der Waals surface area (Å²) in [6, 6.07) is 7.40. The molecule has 1 aromatic rings. The first kappa shape index (κ1) is 10.3. The molecule has 3 heteroatoms. The number of hydrogen-bond acceptors (Lipinski definition) is 3. The van der Waals surface area contributed by atoms with E-state index in [0.717, 1.165) is 5.56 Å². The molecule has 0 radical (unpaired) electrons. The van der Waals surface area contributed by atoms with Crippen LogP contribution in [0.2, 0.25) is 0 Å². The first-order valence-corrected chi connectivity index (χ1v) is 4.98. The van der Waals surface area contributed by atoms with Crippen molar-refractivity contribution >= 4 is 5.78 Å². The predicted molar refractivity (Wildman–Crippen MR) is 55.8 cm³/mol. The molecule has 1 saturated heterocycles. The van der Waals surface area contributed by atoms with Crippen LogP contribution in [-0.2, 0) is 4.74 Å². The lowest BCUT2D eigenvalue weighted by Crippen LogP contribution is -2.51. The zero-order chi connectivity index (χ0) is 10.9. The van der Waals surface area contributed by atoms with Gasteiger partial charge in [0.15, 0.2) is 5.78 Å². The van der Waals surface area contributed by atoms with Gasteiger partial charge in [-0.15, -0.1) is 0 Å². The normalized spacial score (nSPS) is 18.3. The van der Waals surface area contributed by atoms with E-state index in [0.29, 0.717) is 18.8 Å². The van der Waals surface area contributed by atoms with Crippen LogP contribution < -0.4 is 0 Å². The lowest BCUT2D eigenvalue weighted by Gasteiger charge is -2.38. The Hall–Kier alpha value is -1.19. The number of aryl methyl sites for hydroxylation is 1. The maximum Gasteiger partial charge on any atom is 0.175 e. The molecule has 1 fully saturated rings. The van der Waals surface area contributed by atoms with E-state index in [1.165, 1.54) is 0 Å². The van der Waals surface area contributed by atoms with Crippen LogP contribution in [0.1, 0.15) is 15.9 Å². The maximum absolute atomic E-state index is 12.1. The van der Waals surface area contributed by atoms with Crippen LogP contribution in [0, 0.1) is 12.3 Å². The van der Waals surface area contributed by atoms with E-state index in [-0.39, 0.29) is 12.4 Å². The average Bonchev–Trinajstić information content (AvgIpc) is 2.18. The largest absolute Gasteiger partial charge is 0.395 e. The maximum atomic E-state index is 12.1. The van der Waals surface area contributed by atoms with Crippen LogP contribution in [0.25, 0.3) is 0 Å². The highest BCUT2D eigenvalue weighted by Gasteiger charge is 2.45. The summed E-state index contributed by atoms with van der Waals surface area (Å²) in [6.45, 7) is 2.49. The van der Waals surface area contributed by atoms with Gasteiger partial charge in [-0.2, -0.15) is 0 Å². The molecule has 0 spiro atoms. The third kappa shape index (κ3) is 1.68. The van der Waals surface area contributed by atoms with E-state index in [1.54, 1.807) is 12.1 Å². The molecule has 1 N–H and O–H groups in total. The summed E-state index contributed by atoms with van der Waals surface area (Å²) in [7, 11) is 0. The zero-order valence-electron chi connectivity index (χ0n) is 8.69. The molecular formula is C12H14O3. The fourth-order valence-electron chi connectivity index (χ4n) is 1.65. The smallest absolute Gasteiger partial charge is 0.175 e. The molecule has 2 rings (SSSR count). The second-order valence-electron chi connectivity index (χ2n) is 4.13. The summed E-state index contributed by atoms with van der Waals surface area (Å²) in [4.78, 5) is 12.1. The van der Waals surface area contributed by atoms with Crippen LogP contribution in [0.15, 0.2) is 24.3 Å². The summed E-state index contributed by atoms with van der Waals surface area (Å²) in [6.07, 6.45) is 0. The highest BCUT2D eigenvalue weighted by molar-refractivity contribution is 6.01. The Morgan fingerprint density at radius 3 is 2.40 bits per heavy atom. The first-order valence-electron chi connectivity index (χ1n) is 4.98. The second kappa shape index (κ2) is 3.76. The molecule has 0 bridgehead atoms. The lowest BCUT2D eigenvalue weighted by atomic mass is 9.79. The molecule has 0 amide bonds. The molecule has 15 heavy (non-hydrogen) atoms. The van der Waals surface area contributed by atoms with Gasteiger partial charge in [-0.25, -0.2) is 0 Å². The summed E-state index contributed by atoms with van der Waals surface area (Å²) in [5.74, 6) is -0.0174. The molecule has 0 saturated carbocycles. The molecule has 0 atom stereocenters. The van der Waals surface area contributed by atoms with Crippen molar-refractivity contribution in [1.29, 1.82) is 0 Å². The number of aliphatic hydroxyl groups is 1. The minimum absolute atomic E-state index is 0.0174. The van der Waals surface area contributed by atoms with E-state index in [4.69, 9.17) is 4.74 Å². The molecular weight excluding hydrogens is 192 g/mol. The van der Waals surface area contributed by atoms with E-state index in [2.05, 4.69) is 0 Å². The molecule has 1 aromatic carbocycles. The van der Waals surface area contributed by atoms with Crippen LogP contribution >= 0.6 is 0 Å². The van der Waals surface area contributed by atoms with Gasteiger partial charge in [0.2, 0.25) is 0 Å². The number of carbonyl (C=O) groups excluding carboxylic acids is 1. The van der Waals surface area contributed by atoms with Crippen LogP contribution in [-0.4, -0.2) is 30.7 Å². The van der Waals surface area contributed by atoms with Crippen molar-refractivity contribution < 1.29 is 14.6 Å². The van der Waals surface area contributed by atoms with Crippen LogP contribution in [0.5, 0.6) is 0 Å². The number of ether oxygens (including phenoxy) is 1. The van der Waals surface area contributed by atoms with Gasteiger partial charge in [0, 0.05) is 5.56 Å². The van der Waals surface area contributed by atoms with Gasteiger partial charge >= 0.3 is 0 Å². The number of hydrogen-bond donors (Lipinski definition) is 1. The number of rotatable bonds is 3. The van der Waals surface area contributed by atoms with Crippen molar-refractivity contribution in [3.8, 4) is 0 Å². The first-order chi connectivity index (χ1) is 7.18. The predicted octanol–water partition coefficient (Wildman–Crippen LogP) is 1.19. The Labute approximate surface area is 88.7 Å². The summed E-state index contributed by atoms with van der Waals surface area (Å²) in [5.41, 5.74) is 1.09. The molecule has 1 aliphatic rings. The van der Waals surface area contributed by atoms with Gasteiger partial charge in [0.05, 0.1) is 19.8 Å². The SMILES string of the molecule is Cc1ccc(C(=O)C2(CO)COC2)cc1. The third-order valence-electron chi connectivity index (χ3n) is 2.85. The second-order valence-corrected chi connectivity index (χ2v) is 4.13. The van der Waals surface area contributed by atoms with Crippen molar-refractivity contribution in [2.24, 2.45) is 5.41 Å². The Balaban J connectivity index is 2.24. The zero-order valence-corrected chi connectivity index (χ0v) is 8.69. The van der Waals surface area contributed by atoms with Crippen molar-refractivity contribution in [2.45, 2.75) is 6.92 Å². The van der Waals surface area contributed by atoms with Crippen molar-refractivity contribution in [3.63, 3.8) is 0 Å². The van der Waals surface area contributed by atoms with E-state index >= 15 is 0 Å². The highest BCUT2D eigenvalue weighted by Crippen LogP contribution is 2.31. The Morgan fingerprint density at radius 1 is 1.40 bits per heavy atom. The van der Waals surface area contributed by atoms with Gasteiger partial charge in [-0.3, -0.25) is 4.79 Å². The lowest BCUT2D eigenvalue weighted by molar-refractivity contribution is -0.109. The number of carbonyl (C=O) groups is 1.